The number of anilines is 1. The molecule has 160 valence electrons. The zero-order valence-corrected chi connectivity index (χ0v) is 16.8. The molecule has 0 radical (unpaired) electrons. The number of nitrogens with zero attached hydrogens (tertiary/aromatic N) is 3. The van der Waals surface area contributed by atoms with Crippen molar-refractivity contribution in [3.63, 3.8) is 0 Å². The molecule has 0 bridgehead atoms. The van der Waals surface area contributed by atoms with E-state index in [9.17, 15) is 22.8 Å². The van der Waals surface area contributed by atoms with Gasteiger partial charge in [-0.15, -0.1) is 0 Å². The van der Waals surface area contributed by atoms with E-state index in [2.05, 4.69) is 10.4 Å². The summed E-state index contributed by atoms with van der Waals surface area (Å²) in [5.74, 6) is -0.642. The van der Waals surface area contributed by atoms with Gasteiger partial charge < -0.3 is 5.32 Å². The van der Waals surface area contributed by atoms with Crippen LogP contribution in [0.2, 0.25) is 0 Å². The molecule has 2 heterocycles. The van der Waals surface area contributed by atoms with Crippen molar-refractivity contribution in [3.05, 3.63) is 77.5 Å². The van der Waals surface area contributed by atoms with Crippen LogP contribution in [-0.4, -0.2) is 28.1 Å². The first-order valence-corrected chi connectivity index (χ1v) is 9.62. The van der Waals surface area contributed by atoms with E-state index in [1.54, 1.807) is 11.6 Å². The molecule has 1 aliphatic heterocycles. The van der Waals surface area contributed by atoms with E-state index in [0.29, 0.717) is 17.9 Å². The van der Waals surface area contributed by atoms with Gasteiger partial charge in [0.1, 0.15) is 11.4 Å². The number of halogens is 3. The molecule has 3 aromatic rings. The monoisotopic (exact) mass is 428 g/mol. The molecule has 1 N–H and O–H groups in total. The summed E-state index contributed by atoms with van der Waals surface area (Å²) in [5, 5.41) is 7.02. The quantitative estimate of drug-likeness (QED) is 0.685. The van der Waals surface area contributed by atoms with Crippen molar-refractivity contribution in [2.75, 3.05) is 11.4 Å². The molecule has 0 saturated heterocycles. The van der Waals surface area contributed by atoms with Crippen LogP contribution in [0.3, 0.4) is 0 Å². The molecule has 1 aliphatic rings. The number of fused-ring (bicyclic) bond motifs is 1. The third-order valence-corrected chi connectivity index (χ3v) is 5.34. The summed E-state index contributed by atoms with van der Waals surface area (Å²) < 4.78 is 40.7. The Labute approximate surface area is 176 Å². The second-order valence-corrected chi connectivity index (χ2v) is 7.34. The van der Waals surface area contributed by atoms with Crippen LogP contribution in [0.1, 0.15) is 35.3 Å². The highest BCUT2D eigenvalue weighted by Gasteiger charge is 2.51. The third-order valence-electron chi connectivity index (χ3n) is 5.34. The summed E-state index contributed by atoms with van der Waals surface area (Å²) >= 11 is 0. The Morgan fingerprint density at radius 2 is 1.84 bits per heavy atom. The Balaban J connectivity index is 1.73. The molecule has 1 aromatic heterocycles. The Kier molecular flexibility index (Phi) is 4.83. The molecule has 31 heavy (non-hydrogen) atoms. The number of rotatable bonds is 4. The summed E-state index contributed by atoms with van der Waals surface area (Å²) in [6.07, 6.45) is -3.07. The molecule has 9 heteroatoms. The summed E-state index contributed by atoms with van der Waals surface area (Å²) in [4.78, 5) is 27.6. The average molecular weight is 428 g/mol. The predicted octanol–water partition coefficient (Wildman–Crippen LogP) is 3.90. The van der Waals surface area contributed by atoms with Gasteiger partial charge in [-0.05, 0) is 44.2 Å². The second kappa shape index (κ2) is 7.26. The number of carbonyl (C=O) groups excluding carboxylic acids is 2. The van der Waals surface area contributed by atoms with E-state index in [4.69, 9.17) is 0 Å². The lowest BCUT2D eigenvalue weighted by molar-refractivity contribution is -0.137. The van der Waals surface area contributed by atoms with Crippen molar-refractivity contribution in [3.8, 4) is 5.69 Å². The zero-order chi connectivity index (χ0) is 22.4. The maximum atomic E-state index is 13.2. The number of nitrogens with one attached hydrogen (secondary N) is 1. The molecule has 2 amide bonds. The van der Waals surface area contributed by atoms with Crippen LogP contribution in [0.5, 0.6) is 0 Å². The second-order valence-electron chi connectivity index (χ2n) is 7.34. The number of para-hydroxylation sites is 1. The fourth-order valence-electron chi connectivity index (χ4n) is 3.74. The maximum Gasteiger partial charge on any atom is 0.416 e. The van der Waals surface area contributed by atoms with Crippen molar-refractivity contribution in [2.45, 2.75) is 25.6 Å². The van der Waals surface area contributed by atoms with E-state index < -0.39 is 23.2 Å². The fraction of sp³-hybridized carbons (Fsp3) is 0.227. The van der Waals surface area contributed by atoms with Gasteiger partial charge >= 0.3 is 6.18 Å². The lowest BCUT2D eigenvalue weighted by atomic mass is 9.95. The predicted molar refractivity (Wildman–Crippen MR) is 108 cm³/mol. The number of hydrogen-bond acceptors (Lipinski definition) is 3. The minimum atomic E-state index is -4.58. The summed E-state index contributed by atoms with van der Waals surface area (Å²) in [6, 6.07) is 13.3. The highest BCUT2D eigenvalue weighted by Crippen LogP contribution is 2.41. The van der Waals surface area contributed by atoms with Crippen molar-refractivity contribution in [2.24, 2.45) is 0 Å². The number of carbonyl (C=O) groups is 2. The van der Waals surface area contributed by atoms with Gasteiger partial charge in [-0.2, -0.15) is 18.3 Å². The van der Waals surface area contributed by atoms with Crippen LogP contribution in [0.15, 0.2) is 60.8 Å². The van der Waals surface area contributed by atoms with E-state index >= 15 is 0 Å². The zero-order valence-electron chi connectivity index (χ0n) is 16.8. The van der Waals surface area contributed by atoms with Gasteiger partial charge in [0.2, 0.25) is 0 Å². The number of amides is 2. The maximum absolute atomic E-state index is 13.2. The molecular weight excluding hydrogens is 409 g/mol. The highest BCUT2D eigenvalue weighted by atomic mass is 19.4. The average Bonchev–Trinajstić information content (AvgIpc) is 3.27. The molecular formula is C22H19F3N4O2. The standard InChI is InChI=1S/C22H19F3N4O2/c1-3-28-19-17(13-26-29(19)16-10-5-4-6-11-16)21(2,20(28)31)27-18(30)14-8-7-9-15(12-14)22(23,24)25/h4-13H,3H2,1-2H3,(H,27,30). The van der Waals surface area contributed by atoms with Crippen LogP contribution in [0.4, 0.5) is 19.0 Å². The minimum absolute atomic E-state index is 0.184. The Hall–Kier alpha value is -3.62. The molecule has 1 atom stereocenters. The molecule has 2 aromatic carbocycles. The molecule has 0 aliphatic carbocycles. The van der Waals surface area contributed by atoms with Crippen LogP contribution >= 0.6 is 0 Å². The Morgan fingerprint density at radius 3 is 2.48 bits per heavy atom. The van der Waals surface area contributed by atoms with Crippen molar-refractivity contribution < 1.29 is 22.8 Å². The van der Waals surface area contributed by atoms with Gasteiger partial charge in [0.05, 0.1) is 17.4 Å². The summed E-state index contributed by atoms with van der Waals surface area (Å²) in [6.45, 7) is 3.66. The first-order valence-electron chi connectivity index (χ1n) is 9.62. The van der Waals surface area contributed by atoms with Gasteiger partial charge in [-0.25, -0.2) is 4.68 Å². The number of hydrogen-bond donors (Lipinski definition) is 1. The highest BCUT2D eigenvalue weighted by molar-refractivity contribution is 6.10. The fourth-order valence-corrected chi connectivity index (χ4v) is 3.74. The minimum Gasteiger partial charge on any atom is -0.334 e. The normalized spacial score (nSPS) is 18.2. The lowest BCUT2D eigenvalue weighted by Crippen LogP contribution is -2.51. The molecule has 0 saturated carbocycles. The molecule has 0 spiro atoms. The van der Waals surface area contributed by atoms with Crippen LogP contribution < -0.4 is 10.2 Å². The van der Waals surface area contributed by atoms with Crippen LogP contribution in [-0.2, 0) is 16.5 Å². The third kappa shape index (κ3) is 3.35. The molecule has 4 rings (SSSR count). The Morgan fingerprint density at radius 1 is 1.13 bits per heavy atom. The van der Waals surface area contributed by atoms with Gasteiger partial charge in [-0.3, -0.25) is 14.5 Å². The van der Waals surface area contributed by atoms with Crippen LogP contribution in [0.25, 0.3) is 5.69 Å². The summed E-state index contributed by atoms with van der Waals surface area (Å²) in [7, 11) is 0. The SMILES string of the molecule is CCN1C(=O)C(C)(NC(=O)c2cccc(C(F)(F)F)c2)c2cnn(-c3ccccc3)c21. The smallest absolute Gasteiger partial charge is 0.334 e. The topological polar surface area (TPSA) is 67.2 Å². The van der Waals surface area contributed by atoms with E-state index in [-0.39, 0.29) is 11.5 Å². The lowest BCUT2D eigenvalue weighted by Gasteiger charge is -2.25. The number of likely N-dealkylation sites (N-methyl/N-ethyl adjacent to an activating group) is 1. The van der Waals surface area contributed by atoms with E-state index in [1.165, 1.54) is 24.1 Å². The van der Waals surface area contributed by atoms with Crippen molar-refractivity contribution in [1.29, 1.82) is 0 Å². The first-order chi connectivity index (χ1) is 14.7. The summed E-state index contributed by atoms with van der Waals surface area (Å²) in [5.41, 5.74) is -1.37. The van der Waals surface area contributed by atoms with Gasteiger partial charge in [0.25, 0.3) is 11.8 Å². The van der Waals surface area contributed by atoms with Crippen LogP contribution in [0, 0.1) is 0 Å². The molecule has 0 fully saturated rings. The van der Waals surface area contributed by atoms with E-state index in [0.717, 1.165) is 23.9 Å². The van der Waals surface area contributed by atoms with Gasteiger partial charge in [0, 0.05) is 17.7 Å². The number of aromatic nitrogens is 2. The van der Waals surface area contributed by atoms with E-state index in [1.807, 2.05) is 30.3 Å². The number of benzene rings is 2. The first kappa shape index (κ1) is 20.6. The van der Waals surface area contributed by atoms with Gasteiger partial charge in [0.15, 0.2) is 0 Å². The number of alkyl halides is 3. The molecule has 1 unspecified atom stereocenters. The Bertz CT molecular complexity index is 1160. The van der Waals surface area contributed by atoms with Gasteiger partial charge in [-0.1, -0.05) is 24.3 Å². The molecule has 6 nitrogen and oxygen atoms in total. The largest absolute Gasteiger partial charge is 0.416 e. The van der Waals surface area contributed by atoms with Crippen molar-refractivity contribution in [1.82, 2.24) is 15.1 Å². The van der Waals surface area contributed by atoms with Crippen molar-refractivity contribution >= 4 is 17.6 Å².